The van der Waals surface area contributed by atoms with Crippen molar-refractivity contribution in [3.8, 4) is 17.1 Å². The molecule has 0 aliphatic carbocycles. The van der Waals surface area contributed by atoms with Crippen molar-refractivity contribution in [1.29, 1.82) is 0 Å². The summed E-state index contributed by atoms with van der Waals surface area (Å²) < 4.78 is 10.5. The molecule has 0 aliphatic rings. The van der Waals surface area contributed by atoms with E-state index in [1.54, 1.807) is 7.11 Å². The zero-order valence-corrected chi connectivity index (χ0v) is 16.5. The molecule has 4 rings (SSSR count). The molecule has 3 aromatic carbocycles. The lowest BCUT2D eigenvalue weighted by atomic mass is 9.90. The van der Waals surface area contributed by atoms with Gasteiger partial charge >= 0.3 is 0 Å². The minimum absolute atomic E-state index is 0.128. The molecule has 1 heterocycles. The van der Waals surface area contributed by atoms with Crippen LogP contribution < -0.4 is 10.1 Å². The van der Waals surface area contributed by atoms with Crippen LogP contribution >= 0.6 is 0 Å². The van der Waals surface area contributed by atoms with E-state index < -0.39 is 5.92 Å². The summed E-state index contributed by atoms with van der Waals surface area (Å²) >= 11 is 0. The minimum Gasteiger partial charge on any atom is -0.497 e. The molecular formula is C24H21N3O3. The van der Waals surface area contributed by atoms with Crippen LogP contribution in [-0.4, -0.2) is 23.2 Å². The lowest BCUT2D eigenvalue weighted by Gasteiger charge is -2.17. The fraction of sp³-hybridized carbons (Fsp3) is 0.125. The third kappa shape index (κ3) is 4.38. The SMILES string of the molecule is COc1ccc(-c2noc(CNC(=O)C(c3ccccc3)c3ccccc3)n2)cc1. The number of benzene rings is 3. The molecule has 30 heavy (non-hydrogen) atoms. The van der Waals surface area contributed by atoms with E-state index in [2.05, 4.69) is 15.5 Å². The molecule has 0 bridgehead atoms. The minimum atomic E-state index is -0.420. The summed E-state index contributed by atoms with van der Waals surface area (Å²) in [5, 5.41) is 6.93. The first-order valence-corrected chi connectivity index (χ1v) is 9.59. The molecule has 1 aromatic heterocycles. The zero-order valence-electron chi connectivity index (χ0n) is 16.5. The number of nitrogens with one attached hydrogen (secondary N) is 1. The topological polar surface area (TPSA) is 77.3 Å². The van der Waals surface area contributed by atoms with Crippen LogP contribution in [0.15, 0.2) is 89.5 Å². The van der Waals surface area contributed by atoms with Crippen molar-refractivity contribution >= 4 is 5.91 Å². The first kappa shape index (κ1) is 19.4. The molecule has 6 heteroatoms. The van der Waals surface area contributed by atoms with Crippen LogP contribution in [0.2, 0.25) is 0 Å². The molecule has 0 saturated carbocycles. The molecule has 0 aliphatic heterocycles. The van der Waals surface area contributed by atoms with E-state index >= 15 is 0 Å². The monoisotopic (exact) mass is 399 g/mol. The van der Waals surface area contributed by atoms with E-state index in [9.17, 15) is 4.79 Å². The maximum absolute atomic E-state index is 13.0. The van der Waals surface area contributed by atoms with E-state index in [-0.39, 0.29) is 12.5 Å². The van der Waals surface area contributed by atoms with Gasteiger partial charge in [0.1, 0.15) is 5.75 Å². The summed E-state index contributed by atoms with van der Waals surface area (Å²) in [7, 11) is 1.61. The number of aromatic nitrogens is 2. The van der Waals surface area contributed by atoms with Crippen molar-refractivity contribution < 1.29 is 14.1 Å². The highest BCUT2D eigenvalue weighted by Gasteiger charge is 2.23. The number of rotatable bonds is 7. The van der Waals surface area contributed by atoms with Crippen molar-refractivity contribution in [1.82, 2.24) is 15.5 Å². The first-order chi connectivity index (χ1) is 14.7. The summed E-state index contributed by atoms with van der Waals surface area (Å²) in [5.74, 6) is 1.01. The Morgan fingerprint density at radius 2 is 1.53 bits per heavy atom. The van der Waals surface area contributed by atoms with Crippen LogP contribution in [0.25, 0.3) is 11.4 Å². The number of nitrogens with zero attached hydrogens (tertiary/aromatic N) is 2. The van der Waals surface area contributed by atoms with Crippen molar-refractivity contribution in [3.63, 3.8) is 0 Å². The number of ether oxygens (including phenoxy) is 1. The van der Waals surface area contributed by atoms with E-state index in [0.717, 1.165) is 22.4 Å². The van der Waals surface area contributed by atoms with Crippen LogP contribution in [0.3, 0.4) is 0 Å². The van der Waals surface area contributed by atoms with E-state index in [4.69, 9.17) is 9.26 Å². The lowest BCUT2D eigenvalue weighted by molar-refractivity contribution is -0.122. The molecule has 4 aromatic rings. The lowest BCUT2D eigenvalue weighted by Crippen LogP contribution is -2.29. The Labute approximate surface area is 174 Å². The molecule has 1 N–H and O–H groups in total. The van der Waals surface area contributed by atoms with Crippen LogP contribution in [0.1, 0.15) is 22.9 Å². The van der Waals surface area contributed by atoms with Gasteiger partial charge in [-0.15, -0.1) is 0 Å². The Morgan fingerprint density at radius 3 is 2.10 bits per heavy atom. The predicted octanol–water partition coefficient (Wildman–Crippen LogP) is 4.19. The number of carbonyl (C=O) groups excluding carboxylic acids is 1. The normalized spacial score (nSPS) is 10.7. The summed E-state index contributed by atoms with van der Waals surface area (Å²) in [6.07, 6.45) is 0. The molecular weight excluding hydrogens is 378 g/mol. The van der Waals surface area contributed by atoms with Gasteiger partial charge < -0.3 is 14.6 Å². The molecule has 0 radical (unpaired) electrons. The molecule has 150 valence electrons. The molecule has 0 atom stereocenters. The zero-order chi connectivity index (χ0) is 20.8. The van der Waals surface area contributed by atoms with Gasteiger partial charge in [-0.25, -0.2) is 0 Å². The van der Waals surface area contributed by atoms with Gasteiger partial charge in [0.25, 0.3) is 0 Å². The van der Waals surface area contributed by atoms with Crippen LogP contribution in [0.4, 0.5) is 0 Å². The van der Waals surface area contributed by atoms with Gasteiger partial charge in [0.05, 0.1) is 19.6 Å². The van der Waals surface area contributed by atoms with Gasteiger partial charge in [0, 0.05) is 5.56 Å². The van der Waals surface area contributed by atoms with Crippen LogP contribution in [0.5, 0.6) is 5.75 Å². The van der Waals surface area contributed by atoms with E-state index in [0.29, 0.717) is 11.7 Å². The second-order valence-corrected chi connectivity index (χ2v) is 6.71. The van der Waals surface area contributed by atoms with Gasteiger partial charge in [-0.3, -0.25) is 4.79 Å². The largest absolute Gasteiger partial charge is 0.497 e. The second-order valence-electron chi connectivity index (χ2n) is 6.71. The Bertz CT molecular complexity index is 1050. The quantitative estimate of drug-likeness (QED) is 0.504. The highest BCUT2D eigenvalue weighted by Crippen LogP contribution is 2.25. The van der Waals surface area contributed by atoms with Crippen LogP contribution in [-0.2, 0) is 11.3 Å². The van der Waals surface area contributed by atoms with E-state index in [1.165, 1.54) is 0 Å². The number of carbonyl (C=O) groups is 1. The Hall–Kier alpha value is -3.93. The Morgan fingerprint density at radius 1 is 0.933 bits per heavy atom. The van der Waals surface area contributed by atoms with Crippen LogP contribution in [0, 0.1) is 0 Å². The van der Waals surface area contributed by atoms with Crippen molar-refractivity contribution in [2.45, 2.75) is 12.5 Å². The predicted molar refractivity (Wildman–Crippen MR) is 113 cm³/mol. The van der Waals surface area contributed by atoms with Crippen molar-refractivity contribution in [3.05, 3.63) is 102 Å². The van der Waals surface area contributed by atoms with Gasteiger partial charge in [-0.05, 0) is 35.4 Å². The van der Waals surface area contributed by atoms with E-state index in [1.807, 2.05) is 84.9 Å². The standard InChI is InChI=1S/C24H21N3O3/c1-29-20-14-12-19(13-15-20)23-26-21(30-27-23)16-25-24(28)22(17-8-4-2-5-9-17)18-10-6-3-7-11-18/h2-15,22H,16H2,1H3,(H,25,28). The smallest absolute Gasteiger partial charge is 0.246 e. The third-order valence-electron chi connectivity index (χ3n) is 4.76. The molecule has 0 fully saturated rings. The summed E-state index contributed by atoms with van der Waals surface area (Å²) in [6.45, 7) is 0.151. The fourth-order valence-corrected chi connectivity index (χ4v) is 3.23. The van der Waals surface area contributed by atoms with Crippen molar-refractivity contribution in [2.75, 3.05) is 7.11 Å². The molecule has 0 spiro atoms. The Kier molecular flexibility index (Phi) is 5.85. The van der Waals surface area contributed by atoms with Gasteiger partial charge in [-0.2, -0.15) is 4.98 Å². The average molecular weight is 399 g/mol. The molecule has 6 nitrogen and oxygen atoms in total. The third-order valence-corrected chi connectivity index (χ3v) is 4.76. The summed E-state index contributed by atoms with van der Waals surface area (Å²) in [5.41, 5.74) is 2.65. The number of amides is 1. The molecule has 0 saturated heterocycles. The summed E-state index contributed by atoms with van der Waals surface area (Å²) in [6, 6.07) is 26.7. The maximum Gasteiger partial charge on any atom is 0.246 e. The van der Waals surface area contributed by atoms with Gasteiger partial charge in [-0.1, -0.05) is 65.8 Å². The maximum atomic E-state index is 13.0. The second kappa shape index (κ2) is 9.05. The van der Waals surface area contributed by atoms with Gasteiger partial charge in [0.2, 0.25) is 17.6 Å². The highest BCUT2D eigenvalue weighted by molar-refractivity contribution is 5.87. The Balaban J connectivity index is 1.48. The summed E-state index contributed by atoms with van der Waals surface area (Å²) in [4.78, 5) is 17.4. The number of hydrogen-bond acceptors (Lipinski definition) is 5. The number of methoxy groups -OCH3 is 1. The fourth-order valence-electron chi connectivity index (χ4n) is 3.23. The van der Waals surface area contributed by atoms with Crippen molar-refractivity contribution in [2.24, 2.45) is 0 Å². The molecule has 1 amide bonds. The highest BCUT2D eigenvalue weighted by atomic mass is 16.5. The number of hydrogen-bond donors (Lipinski definition) is 1. The van der Waals surface area contributed by atoms with Gasteiger partial charge in [0.15, 0.2) is 0 Å². The average Bonchev–Trinajstić information content (AvgIpc) is 3.28. The first-order valence-electron chi connectivity index (χ1n) is 9.59. The molecule has 0 unspecified atom stereocenters.